The molecule has 0 aliphatic heterocycles. The number of carbonyl (C=O) groups is 1. The van der Waals surface area contributed by atoms with Gasteiger partial charge in [-0.25, -0.2) is 0 Å². The molecule has 3 fully saturated rings. The number of ketones is 1. The Hall–Kier alpha value is -0.670. The van der Waals surface area contributed by atoms with Gasteiger partial charge >= 0.3 is 0 Å². The number of rotatable bonds is 1. The minimum absolute atomic E-state index is 0.0868. The molecule has 0 spiro atoms. The van der Waals surface area contributed by atoms with Gasteiger partial charge in [0.05, 0.1) is 12.7 Å². The molecule has 0 radical (unpaired) electrons. The molecule has 3 nitrogen and oxygen atoms in total. The summed E-state index contributed by atoms with van der Waals surface area (Å²) in [6.45, 7) is 2.48. The molecule has 0 amide bonds. The number of aliphatic hydroxyl groups excluding tert-OH is 2. The zero-order valence-electron chi connectivity index (χ0n) is 13.6. The fraction of sp³-hybridized carbons (Fsp3) is 0.842. The van der Waals surface area contributed by atoms with Gasteiger partial charge in [-0.1, -0.05) is 12.5 Å². The molecular formula is C19H28O3. The normalized spacial score (nSPS) is 50.9. The number of hydrogen-bond acceptors (Lipinski definition) is 3. The lowest BCUT2D eigenvalue weighted by atomic mass is 9.47. The Balaban J connectivity index is 1.71. The van der Waals surface area contributed by atoms with Gasteiger partial charge in [0.15, 0.2) is 5.78 Å². The van der Waals surface area contributed by atoms with Gasteiger partial charge in [-0.3, -0.25) is 4.79 Å². The van der Waals surface area contributed by atoms with Gasteiger partial charge in [0.25, 0.3) is 0 Å². The topological polar surface area (TPSA) is 57.5 Å². The van der Waals surface area contributed by atoms with Gasteiger partial charge in [0.2, 0.25) is 0 Å². The lowest BCUT2D eigenvalue weighted by Crippen LogP contribution is -2.53. The lowest BCUT2D eigenvalue weighted by Gasteiger charge is -2.58. The van der Waals surface area contributed by atoms with Crippen molar-refractivity contribution in [2.24, 2.45) is 28.6 Å². The van der Waals surface area contributed by atoms with E-state index in [1.807, 2.05) is 6.08 Å². The van der Waals surface area contributed by atoms with Gasteiger partial charge in [0, 0.05) is 11.8 Å². The van der Waals surface area contributed by atoms with E-state index < -0.39 is 0 Å². The van der Waals surface area contributed by atoms with Crippen molar-refractivity contribution >= 4 is 5.78 Å². The first-order valence-corrected chi connectivity index (χ1v) is 9.04. The SMILES string of the molecule is C[C@]12CC[C@H]3[C@@H](CCC4=CC(=O)CC[C@@]43CO)[C@H]1CC[C@@H]2O. The number of hydrogen-bond donors (Lipinski definition) is 2. The van der Waals surface area contributed by atoms with Crippen LogP contribution in [0.5, 0.6) is 0 Å². The Bertz CT molecular complexity index is 525. The smallest absolute Gasteiger partial charge is 0.155 e. The van der Waals surface area contributed by atoms with Crippen molar-refractivity contribution in [3.05, 3.63) is 11.6 Å². The predicted octanol–water partition coefficient (Wildman–Crippen LogP) is 2.85. The number of carbonyl (C=O) groups excluding carboxylic acids is 1. The summed E-state index contributed by atoms with van der Waals surface area (Å²) in [5, 5.41) is 20.7. The first-order valence-electron chi connectivity index (χ1n) is 9.04. The van der Waals surface area contributed by atoms with Gasteiger partial charge in [-0.2, -0.15) is 0 Å². The molecule has 0 bridgehead atoms. The molecule has 4 aliphatic rings. The van der Waals surface area contributed by atoms with Crippen molar-refractivity contribution in [1.29, 1.82) is 0 Å². The quantitative estimate of drug-likeness (QED) is 0.783. The van der Waals surface area contributed by atoms with Crippen LogP contribution in [0.2, 0.25) is 0 Å². The third-order valence-corrected chi connectivity index (χ3v) is 7.92. The molecule has 0 saturated heterocycles. The fourth-order valence-corrected chi connectivity index (χ4v) is 6.63. The predicted molar refractivity (Wildman–Crippen MR) is 84.1 cm³/mol. The van der Waals surface area contributed by atoms with Crippen LogP contribution in [-0.2, 0) is 4.79 Å². The zero-order valence-corrected chi connectivity index (χ0v) is 13.6. The van der Waals surface area contributed by atoms with Gasteiger partial charge < -0.3 is 10.2 Å². The molecule has 4 aliphatic carbocycles. The van der Waals surface area contributed by atoms with E-state index in [2.05, 4.69) is 6.92 Å². The highest BCUT2D eigenvalue weighted by Crippen LogP contribution is 2.65. The first kappa shape index (κ1) is 14.9. The molecule has 0 unspecified atom stereocenters. The molecule has 2 N–H and O–H groups in total. The van der Waals surface area contributed by atoms with E-state index in [0.29, 0.717) is 24.2 Å². The Morgan fingerprint density at radius 1 is 1.14 bits per heavy atom. The summed E-state index contributed by atoms with van der Waals surface area (Å²) in [5.41, 5.74) is 1.18. The van der Waals surface area contributed by atoms with E-state index in [4.69, 9.17) is 0 Å². The third-order valence-electron chi connectivity index (χ3n) is 7.92. The Morgan fingerprint density at radius 3 is 2.73 bits per heavy atom. The molecule has 4 rings (SSSR count). The summed E-state index contributed by atoms with van der Waals surface area (Å²) < 4.78 is 0. The van der Waals surface area contributed by atoms with E-state index in [1.54, 1.807) is 0 Å². The second-order valence-electron chi connectivity index (χ2n) is 8.50. The second-order valence-corrected chi connectivity index (χ2v) is 8.50. The van der Waals surface area contributed by atoms with Crippen LogP contribution < -0.4 is 0 Å². The average molecular weight is 304 g/mol. The van der Waals surface area contributed by atoms with Crippen LogP contribution in [0.15, 0.2) is 11.6 Å². The average Bonchev–Trinajstić information content (AvgIpc) is 2.82. The van der Waals surface area contributed by atoms with Crippen molar-refractivity contribution in [3.63, 3.8) is 0 Å². The van der Waals surface area contributed by atoms with Gasteiger partial charge in [-0.15, -0.1) is 0 Å². The Morgan fingerprint density at radius 2 is 1.95 bits per heavy atom. The van der Waals surface area contributed by atoms with Gasteiger partial charge in [-0.05, 0) is 74.2 Å². The maximum Gasteiger partial charge on any atom is 0.155 e. The molecular weight excluding hydrogens is 276 g/mol. The molecule has 0 aromatic heterocycles. The summed E-state index contributed by atoms with van der Waals surface area (Å²) in [5.74, 6) is 1.97. The summed E-state index contributed by atoms with van der Waals surface area (Å²) in [6, 6.07) is 0. The fourth-order valence-electron chi connectivity index (χ4n) is 6.63. The highest BCUT2D eigenvalue weighted by atomic mass is 16.3. The van der Waals surface area contributed by atoms with Crippen LogP contribution in [-0.4, -0.2) is 28.7 Å². The molecule has 0 aromatic rings. The zero-order chi connectivity index (χ0) is 15.5. The van der Waals surface area contributed by atoms with Crippen LogP contribution in [0.4, 0.5) is 0 Å². The Kier molecular flexibility index (Phi) is 3.32. The van der Waals surface area contributed by atoms with E-state index in [0.717, 1.165) is 44.9 Å². The van der Waals surface area contributed by atoms with Crippen LogP contribution in [0.3, 0.4) is 0 Å². The summed E-state index contributed by atoms with van der Waals surface area (Å²) in [7, 11) is 0. The monoisotopic (exact) mass is 304 g/mol. The molecule has 3 heteroatoms. The minimum Gasteiger partial charge on any atom is -0.395 e. The standard InChI is InChI=1S/C19H28O3/c1-18-8-7-16-14(15(18)4-5-17(18)22)3-2-12-10-13(21)6-9-19(12,16)11-20/h10,14-17,20,22H,2-9,11H2,1H3/t14-,15+,16-,17-,18-,19+/m0/s1. The van der Waals surface area contributed by atoms with Crippen LogP contribution in [0.1, 0.15) is 58.3 Å². The van der Waals surface area contributed by atoms with Crippen molar-refractivity contribution in [1.82, 2.24) is 0 Å². The maximum absolute atomic E-state index is 11.8. The summed E-state index contributed by atoms with van der Waals surface area (Å²) in [6.07, 6.45) is 9.49. The van der Waals surface area contributed by atoms with E-state index >= 15 is 0 Å². The highest BCUT2D eigenvalue weighted by molar-refractivity contribution is 5.91. The van der Waals surface area contributed by atoms with E-state index in [1.165, 1.54) is 5.57 Å². The van der Waals surface area contributed by atoms with E-state index in [-0.39, 0.29) is 29.3 Å². The maximum atomic E-state index is 11.8. The molecule has 0 aromatic carbocycles. The molecule has 0 heterocycles. The number of aliphatic hydroxyl groups is 2. The van der Waals surface area contributed by atoms with Crippen molar-refractivity contribution in [2.45, 2.75) is 64.4 Å². The molecule has 6 atom stereocenters. The highest BCUT2D eigenvalue weighted by Gasteiger charge is 2.59. The van der Waals surface area contributed by atoms with Crippen molar-refractivity contribution in [3.8, 4) is 0 Å². The number of fused-ring (bicyclic) bond motifs is 5. The Labute approximate surface area is 132 Å². The van der Waals surface area contributed by atoms with Gasteiger partial charge in [0.1, 0.15) is 0 Å². The van der Waals surface area contributed by atoms with Crippen LogP contribution in [0, 0.1) is 28.6 Å². The van der Waals surface area contributed by atoms with Crippen LogP contribution in [0.25, 0.3) is 0 Å². The molecule has 22 heavy (non-hydrogen) atoms. The molecule has 122 valence electrons. The van der Waals surface area contributed by atoms with E-state index in [9.17, 15) is 15.0 Å². The van der Waals surface area contributed by atoms with Crippen molar-refractivity contribution in [2.75, 3.05) is 6.61 Å². The third kappa shape index (κ3) is 1.78. The lowest BCUT2D eigenvalue weighted by molar-refractivity contribution is -0.120. The largest absolute Gasteiger partial charge is 0.395 e. The summed E-state index contributed by atoms with van der Waals surface area (Å²) >= 11 is 0. The van der Waals surface area contributed by atoms with Crippen LogP contribution >= 0.6 is 0 Å². The molecule has 3 saturated carbocycles. The second kappa shape index (κ2) is 4.91. The van der Waals surface area contributed by atoms with Crippen molar-refractivity contribution < 1.29 is 15.0 Å². The minimum atomic E-state index is -0.145. The summed E-state index contributed by atoms with van der Waals surface area (Å²) in [4.78, 5) is 11.8. The first-order chi connectivity index (χ1) is 10.5.